The van der Waals surface area contributed by atoms with Gasteiger partial charge < -0.3 is 9.88 Å². The summed E-state index contributed by atoms with van der Waals surface area (Å²) in [5.41, 5.74) is 2.08. The molecule has 1 aromatic carbocycles. The average Bonchev–Trinajstić information content (AvgIpc) is 2.80. The van der Waals surface area contributed by atoms with E-state index in [1.54, 1.807) is 6.07 Å². The van der Waals surface area contributed by atoms with Crippen LogP contribution >= 0.6 is 11.6 Å². The molecule has 0 saturated carbocycles. The van der Waals surface area contributed by atoms with Gasteiger partial charge in [-0.25, -0.2) is 4.39 Å². The largest absolute Gasteiger partial charge is 0.350 e. The topological polar surface area (TPSA) is 17.0 Å². The van der Waals surface area contributed by atoms with Crippen molar-refractivity contribution in [3.63, 3.8) is 0 Å². The van der Waals surface area contributed by atoms with Crippen molar-refractivity contribution in [3.8, 4) is 0 Å². The Morgan fingerprint density at radius 2 is 2.00 bits per heavy atom. The normalized spacial score (nSPS) is 11.8. The zero-order valence-corrected chi connectivity index (χ0v) is 12.8. The molecule has 2 aromatic rings. The molecule has 0 aliphatic rings. The minimum absolute atomic E-state index is 0.0912. The van der Waals surface area contributed by atoms with E-state index in [4.69, 9.17) is 11.6 Å². The number of nitrogens with one attached hydrogen (secondary N) is 1. The highest BCUT2D eigenvalue weighted by molar-refractivity contribution is 6.31. The first kappa shape index (κ1) is 15.1. The van der Waals surface area contributed by atoms with E-state index in [9.17, 15) is 4.39 Å². The Bertz CT molecular complexity index is 584. The summed E-state index contributed by atoms with van der Waals surface area (Å²) in [7, 11) is 0. The molecule has 4 heteroatoms. The SMILES string of the molecule is CC(C)(C)NCc1ccn(Cc2cccc(F)c2Cl)c1. The molecule has 2 nitrogen and oxygen atoms in total. The molecule has 0 spiro atoms. The van der Waals surface area contributed by atoms with E-state index < -0.39 is 0 Å². The third kappa shape index (κ3) is 4.09. The molecule has 0 aliphatic carbocycles. The van der Waals surface area contributed by atoms with Gasteiger partial charge in [0, 0.05) is 31.0 Å². The van der Waals surface area contributed by atoms with Gasteiger partial charge in [0.05, 0.1) is 5.02 Å². The molecule has 0 bridgehead atoms. The van der Waals surface area contributed by atoms with Gasteiger partial charge in [0.2, 0.25) is 0 Å². The highest BCUT2D eigenvalue weighted by atomic mass is 35.5. The number of benzene rings is 1. The van der Waals surface area contributed by atoms with Crippen molar-refractivity contribution in [1.82, 2.24) is 9.88 Å². The fourth-order valence-corrected chi connectivity index (χ4v) is 2.11. The Morgan fingerprint density at radius 1 is 1.25 bits per heavy atom. The lowest BCUT2D eigenvalue weighted by molar-refractivity contribution is 0.424. The van der Waals surface area contributed by atoms with Gasteiger partial charge in [-0.15, -0.1) is 0 Å². The molecular formula is C16H20ClFN2. The van der Waals surface area contributed by atoms with Gasteiger partial charge >= 0.3 is 0 Å². The second-order valence-corrected chi connectivity index (χ2v) is 6.39. The number of hydrogen-bond acceptors (Lipinski definition) is 1. The van der Waals surface area contributed by atoms with Crippen molar-refractivity contribution in [2.45, 2.75) is 39.4 Å². The molecule has 0 unspecified atom stereocenters. The summed E-state index contributed by atoms with van der Waals surface area (Å²) >= 11 is 5.97. The van der Waals surface area contributed by atoms with Crippen molar-refractivity contribution in [2.75, 3.05) is 0 Å². The van der Waals surface area contributed by atoms with Gasteiger partial charge in [-0.2, -0.15) is 0 Å². The maximum atomic E-state index is 13.4. The Labute approximate surface area is 124 Å². The first-order valence-electron chi connectivity index (χ1n) is 6.68. The Kier molecular flexibility index (Phi) is 4.51. The fraction of sp³-hybridized carbons (Fsp3) is 0.375. The molecule has 0 atom stereocenters. The van der Waals surface area contributed by atoms with Gasteiger partial charge in [-0.3, -0.25) is 0 Å². The average molecular weight is 295 g/mol. The molecule has 1 N–H and O–H groups in total. The van der Waals surface area contributed by atoms with Crippen LogP contribution in [0.3, 0.4) is 0 Å². The number of rotatable bonds is 4. The summed E-state index contributed by atoms with van der Waals surface area (Å²) < 4.78 is 15.4. The molecule has 1 aromatic heterocycles. The molecule has 0 saturated heterocycles. The van der Waals surface area contributed by atoms with Crippen LogP contribution in [0.1, 0.15) is 31.9 Å². The molecule has 0 amide bonds. The van der Waals surface area contributed by atoms with E-state index in [0.29, 0.717) is 6.54 Å². The summed E-state index contributed by atoms with van der Waals surface area (Å²) in [5.74, 6) is -0.369. The van der Waals surface area contributed by atoms with Crippen molar-refractivity contribution in [2.24, 2.45) is 0 Å². The highest BCUT2D eigenvalue weighted by Crippen LogP contribution is 2.20. The molecule has 0 fully saturated rings. The van der Waals surface area contributed by atoms with Crippen LogP contribution in [0.5, 0.6) is 0 Å². The molecule has 0 aliphatic heterocycles. The minimum atomic E-state index is -0.369. The zero-order valence-electron chi connectivity index (χ0n) is 12.1. The predicted molar refractivity (Wildman–Crippen MR) is 81.5 cm³/mol. The van der Waals surface area contributed by atoms with Gasteiger partial charge in [0.25, 0.3) is 0 Å². The molecule has 108 valence electrons. The lowest BCUT2D eigenvalue weighted by atomic mass is 10.1. The summed E-state index contributed by atoms with van der Waals surface area (Å²) in [6, 6.07) is 6.97. The van der Waals surface area contributed by atoms with Crippen LogP contribution < -0.4 is 5.32 Å². The van der Waals surface area contributed by atoms with Crippen molar-refractivity contribution < 1.29 is 4.39 Å². The van der Waals surface area contributed by atoms with Crippen molar-refractivity contribution in [1.29, 1.82) is 0 Å². The predicted octanol–water partition coefficient (Wildman–Crippen LogP) is 4.22. The van der Waals surface area contributed by atoms with Crippen molar-refractivity contribution in [3.05, 3.63) is 58.6 Å². The van der Waals surface area contributed by atoms with Crippen molar-refractivity contribution >= 4 is 11.6 Å². The maximum absolute atomic E-state index is 13.4. The lowest BCUT2D eigenvalue weighted by Crippen LogP contribution is -2.34. The van der Waals surface area contributed by atoms with Gasteiger partial charge in [0.15, 0.2) is 0 Å². The van der Waals surface area contributed by atoms with Crippen LogP contribution in [0.15, 0.2) is 36.7 Å². The van der Waals surface area contributed by atoms with Gasteiger partial charge in [-0.05, 0) is 44.0 Å². The number of halogens is 2. The van der Waals surface area contributed by atoms with Crippen LogP contribution in [-0.2, 0) is 13.1 Å². The van der Waals surface area contributed by atoms with Gasteiger partial charge in [0.1, 0.15) is 5.82 Å². The van der Waals surface area contributed by atoms with E-state index in [2.05, 4.69) is 38.4 Å². The molecular weight excluding hydrogens is 275 g/mol. The van der Waals surface area contributed by atoms with Crippen LogP contribution in [-0.4, -0.2) is 10.1 Å². The summed E-state index contributed by atoms with van der Waals surface area (Å²) in [4.78, 5) is 0. The second-order valence-electron chi connectivity index (χ2n) is 6.01. The van der Waals surface area contributed by atoms with Crippen LogP contribution in [0.2, 0.25) is 5.02 Å². The third-order valence-corrected chi connectivity index (χ3v) is 3.44. The highest BCUT2D eigenvalue weighted by Gasteiger charge is 2.10. The third-order valence-electron chi connectivity index (χ3n) is 3.02. The zero-order chi connectivity index (χ0) is 14.8. The van der Waals surface area contributed by atoms with E-state index in [1.165, 1.54) is 11.6 Å². The lowest BCUT2D eigenvalue weighted by Gasteiger charge is -2.19. The number of hydrogen-bond donors (Lipinski definition) is 1. The Morgan fingerprint density at radius 3 is 2.70 bits per heavy atom. The smallest absolute Gasteiger partial charge is 0.142 e. The number of nitrogens with zero attached hydrogens (tertiary/aromatic N) is 1. The standard InChI is InChI=1S/C16H20ClFN2/c1-16(2,3)19-9-12-7-8-20(10-12)11-13-5-4-6-14(18)15(13)17/h4-8,10,19H,9,11H2,1-3H3. The fourth-order valence-electron chi connectivity index (χ4n) is 1.93. The number of aromatic nitrogens is 1. The molecule has 20 heavy (non-hydrogen) atoms. The van der Waals surface area contributed by atoms with Gasteiger partial charge in [-0.1, -0.05) is 23.7 Å². The quantitative estimate of drug-likeness (QED) is 0.893. The van der Waals surface area contributed by atoms with Crippen LogP contribution in [0.4, 0.5) is 4.39 Å². The van der Waals surface area contributed by atoms with E-state index in [0.717, 1.165) is 12.1 Å². The molecule has 0 radical (unpaired) electrons. The maximum Gasteiger partial charge on any atom is 0.142 e. The van der Waals surface area contributed by atoms with Crippen LogP contribution in [0.25, 0.3) is 0 Å². The first-order valence-corrected chi connectivity index (χ1v) is 7.05. The first-order chi connectivity index (χ1) is 9.35. The summed E-state index contributed by atoms with van der Waals surface area (Å²) in [6.45, 7) is 7.79. The monoisotopic (exact) mass is 294 g/mol. The Balaban J connectivity index is 2.04. The second kappa shape index (κ2) is 5.98. The minimum Gasteiger partial charge on any atom is -0.350 e. The Hall–Kier alpha value is -1.32. The van der Waals surface area contributed by atoms with E-state index >= 15 is 0 Å². The summed E-state index contributed by atoms with van der Waals surface area (Å²) in [5, 5.41) is 3.64. The molecule has 1 heterocycles. The summed E-state index contributed by atoms with van der Waals surface area (Å²) in [6.07, 6.45) is 4.04. The van der Waals surface area contributed by atoms with E-state index in [-0.39, 0.29) is 16.4 Å². The molecule has 2 rings (SSSR count). The van der Waals surface area contributed by atoms with Crippen LogP contribution in [0, 0.1) is 5.82 Å². The van der Waals surface area contributed by atoms with E-state index in [1.807, 2.05) is 16.8 Å².